The molecule has 2 N–H and O–H groups in total. The standard InChI is InChI=1S/C11H11BrN2O/c12-11-2-1-9(3-7(11)6-13)15-10-4-8(14)5-10/h1-3,8,10H,4-5,14H2. The van der Waals surface area contributed by atoms with E-state index in [1.807, 2.05) is 12.1 Å². The molecular formula is C11H11BrN2O. The van der Waals surface area contributed by atoms with Crippen molar-refractivity contribution in [2.75, 3.05) is 0 Å². The third kappa shape index (κ3) is 2.31. The van der Waals surface area contributed by atoms with Gasteiger partial charge < -0.3 is 10.5 Å². The highest BCUT2D eigenvalue weighted by Crippen LogP contribution is 2.27. The summed E-state index contributed by atoms with van der Waals surface area (Å²) >= 11 is 3.30. The predicted octanol–water partition coefficient (Wildman–Crippen LogP) is 2.19. The summed E-state index contributed by atoms with van der Waals surface area (Å²) in [5.74, 6) is 0.742. The lowest BCUT2D eigenvalue weighted by Crippen LogP contribution is -2.43. The van der Waals surface area contributed by atoms with Gasteiger partial charge in [0.15, 0.2) is 0 Å². The van der Waals surface area contributed by atoms with Crippen molar-refractivity contribution >= 4 is 15.9 Å². The van der Waals surface area contributed by atoms with E-state index >= 15 is 0 Å². The second-order valence-electron chi connectivity index (χ2n) is 3.72. The van der Waals surface area contributed by atoms with Crippen LogP contribution < -0.4 is 10.5 Å². The maximum absolute atomic E-state index is 8.83. The SMILES string of the molecule is N#Cc1cc(OC2CC(N)C2)ccc1Br. The van der Waals surface area contributed by atoms with Crippen LogP contribution in [0.4, 0.5) is 0 Å². The lowest BCUT2D eigenvalue weighted by Gasteiger charge is -2.32. The molecule has 0 bridgehead atoms. The molecule has 0 spiro atoms. The number of nitriles is 1. The molecule has 0 aliphatic heterocycles. The molecule has 0 amide bonds. The summed E-state index contributed by atoms with van der Waals surface area (Å²) < 4.78 is 6.46. The normalized spacial score (nSPS) is 24.1. The first-order valence-electron chi connectivity index (χ1n) is 4.81. The quantitative estimate of drug-likeness (QED) is 0.893. The Labute approximate surface area is 97.0 Å². The average Bonchev–Trinajstić information content (AvgIpc) is 2.18. The summed E-state index contributed by atoms with van der Waals surface area (Å²) in [4.78, 5) is 0. The van der Waals surface area contributed by atoms with Gasteiger partial charge in [-0.15, -0.1) is 0 Å². The molecule has 0 aromatic heterocycles. The van der Waals surface area contributed by atoms with E-state index < -0.39 is 0 Å². The average molecular weight is 267 g/mol. The highest BCUT2D eigenvalue weighted by molar-refractivity contribution is 9.10. The van der Waals surface area contributed by atoms with Crippen molar-refractivity contribution in [1.82, 2.24) is 0 Å². The first-order valence-corrected chi connectivity index (χ1v) is 5.60. The zero-order chi connectivity index (χ0) is 10.8. The van der Waals surface area contributed by atoms with Gasteiger partial charge in [-0.05, 0) is 47.0 Å². The molecule has 1 aliphatic rings. The molecule has 1 aromatic rings. The van der Waals surface area contributed by atoms with Crippen LogP contribution >= 0.6 is 15.9 Å². The van der Waals surface area contributed by atoms with E-state index in [0.717, 1.165) is 23.1 Å². The monoisotopic (exact) mass is 266 g/mol. The summed E-state index contributed by atoms with van der Waals surface area (Å²) in [5.41, 5.74) is 6.26. The zero-order valence-corrected chi connectivity index (χ0v) is 9.70. The molecule has 0 heterocycles. The van der Waals surface area contributed by atoms with E-state index in [-0.39, 0.29) is 12.1 Å². The molecule has 1 aliphatic carbocycles. The van der Waals surface area contributed by atoms with E-state index in [2.05, 4.69) is 22.0 Å². The van der Waals surface area contributed by atoms with E-state index in [4.69, 9.17) is 15.7 Å². The summed E-state index contributed by atoms with van der Waals surface area (Å²) in [6, 6.07) is 7.81. The molecule has 2 rings (SSSR count). The second-order valence-corrected chi connectivity index (χ2v) is 4.58. The minimum atomic E-state index is 0.215. The van der Waals surface area contributed by atoms with E-state index in [9.17, 15) is 0 Å². The molecule has 1 saturated carbocycles. The van der Waals surface area contributed by atoms with Crippen LogP contribution in [0.5, 0.6) is 5.75 Å². The molecule has 1 fully saturated rings. The highest BCUT2D eigenvalue weighted by atomic mass is 79.9. The Balaban J connectivity index is 2.06. The number of hydrogen-bond acceptors (Lipinski definition) is 3. The van der Waals surface area contributed by atoms with Crippen LogP contribution in [0.3, 0.4) is 0 Å². The lowest BCUT2D eigenvalue weighted by molar-refractivity contribution is 0.101. The molecule has 0 radical (unpaired) electrons. The van der Waals surface area contributed by atoms with Crippen LogP contribution in [0.25, 0.3) is 0 Å². The lowest BCUT2D eigenvalue weighted by atomic mass is 9.90. The Hall–Kier alpha value is -1.05. The topological polar surface area (TPSA) is 59.0 Å². The molecule has 4 heteroatoms. The first kappa shape index (κ1) is 10.5. The summed E-state index contributed by atoms with van der Waals surface area (Å²) in [6.07, 6.45) is 2.02. The third-order valence-corrected chi connectivity index (χ3v) is 3.18. The smallest absolute Gasteiger partial charge is 0.121 e. The van der Waals surface area contributed by atoms with Crippen molar-refractivity contribution in [3.63, 3.8) is 0 Å². The van der Waals surface area contributed by atoms with Crippen LogP contribution in [0.15, 0.2) is 22.7 Å². The fourth-order valence-electron chi connectivity index (χ4n) is 1.56. The summed E-state index contributed by atoms with van der Waals surface area (Å²) in [7, 11) is 0. The number of halogens is 1. The van der Waals surface area contributed by atoms with E-state index in [0.29, 0.717) is 5.56 Å². The van der Waals surface area contributed by atoms with Crippen molar-refractivity contribution in [3.8, 4) is 11.8 Å². The molecule has 0 saturated heterocycles. The van der Waals surface area contributed by atoms with Gasteiger partial charge in [-0.25, -0.2) is 0 Å². The fourth-order valence-corrected chi connectivity index (χ4v) is 1.89. The van der Waals surface area contributed by atoms with Gasteiger partial charge in [0, 0.05) is 10.5 Å². The van der Waals surface area contributed by atoms with Crippen LogP contribution in [-0.4, -0.2) is 12.1 Å². The number of nitrogens with zero attached hydrogens (tertiary/aromatic N) is 1. The van der Waals surface area contributed by atoms with Gasteiger partial charge >= 0.3 is 0 Å². The van der Waals surface area contributed by atoms with Crippen LogP contribution in [0, 0.1) is 11.3 Å². The van der Waals surface area contributed by atoms with Gasteiger partial charge in [0.1, 0.15) is 17.9 Å². The van der Waals surface area contributed by atoms with Crippen molar-refractivity contribution in [2.24, 2.45) is 5.73 Å². The molecule has 0 unspecified atom stereocenters. The number of nitrogens with two attached hydrogens (primary N) is 1. The minimum absolute atomic E-state index is 0.215. The minimum Gasteiger partial charge on any atom is -0.490 e. The Kier molecular flexibility index (Phi) is 2.94. The van der Waals surface area contributed by atoms with E-state index in [1.165, 1.54) is 0 Å². The van der Waals surface area contributed by atoms with Gasteiger partial charge in [0.25, 0.3) is 0 Å². The summed E-state index contributed by atoms with van der Waals surface area (Å²) in [5, 5.41) is 8.83. The van der Waals surface area contributed by atoms with Gasteiger partial charge in [-0.1, -0.05) is 0 Å². The number of rotatable bonds is 2. The number of hydrogen-bond donors (Lipinski definition) is 1. The Bertz CT molecular complexity index is 408. The van der Waals surface area contributed by atoms with Crippen molar-refractivity contribution in [1.29, 1.82) is 5.26 Å². The Morgan fingerprint density at radius 2 is 2.20 bits per heavy atom. The van der Waals surface area contributed by atoms with Gasteiger partial charge in [0.2, 0.25) is 0 Å². The fraction of sp³-hybridized carbons (Fsp3) is 0.364. The number of benzene rings is 1. The molecule has 0 atom stereocenters. The third-order valence-electron chi connectivity index (χ3n) is 2.49. The molecule has 78 valence electrons. The Morgan fingerprint density at radius 3 is 2.80 bits per heavy atom. The predicted molar refractivity (Wildman–Crippen MR) is 60.5 cm³/mol. The zero-order valence-electron chi connectivity index (χ0n) is 8.11. The molecular weight excluding hydrogens is 256 g/mol. The molecule has 3 nitrogen and oxygen atoms in total. The van der Waals surface area contributed by atoms with Crippen LogP contribution in [-0.2, 0) is 0 Å². The van der Waals surface area contributed by atoms with Gasteiger partial charge in [-0.2, -0.15) is 5.26 Å². The van der Waals surface area contributed by atoms with Crippen LogP contribution in [0.2, 0.25) is 0 Å². The first-order chi connectivity index (χ1) is 7.19. The maximum atomic E-state index is 8.83. The van der Waals surface area contributed by atoms with Gasteiger partial charge in [0.05, 0.1) is 5.56 Å². The molecule has 15 heavy (non-hydrogen) atoms. The van der Waals surface area contributed by atoms with Crippen LogP contribution in [0.1, 0.15) is 18.4 Å². The second kappa shape index (κ2) is 4.21. The van der Waals surface area contributed by atoms with E-state index in [1.54, 1.807) is 6.07 Å². The van der Waals surface area contributed by atoms with Crippen molar-refractivity contribution < 1.29 is 4.74 Å². The highest BCUT2D eigenvalue weighted by Gasteiger charge is 2.27. The van der Waals surface area contributed by atoms with Crippen molar-refractivity contribution in [3.05, 3.63) is 28.2 Å². The Morgan fingerprint density at radius 1 is 1.47 bits per heavy atom. The maximum Gasteiger partial charge on any atom is 0.121 e. The summed E-state index contributed by atoms with van der Waals surface area (Å²) in [6.45, 7) is 0. The van der Waals surface area contributed by atoms with Gasteiger partial charge in [-0.3, -0.25) is 0 Å². The largest absolute Gasteiger partial charge is 0.490 e. The molecule has 1 aromatic carbocycles. The van der Waals surface area contributed by atoms with Crippen molar-refractivity contribution in [2.45, 2.75) is 25.0 Å². The number of ether oxygens (including phenoxy) is 1.